The number of carbonyl (C=O) groups is 1. The van der Waals surface area contributed by atoms with Crippen LogP contribution in [-0.2, 0) is 12.1 Å². The van der Waals surface area contributed by atoms with E-state index in [-0.39, 0.29) is 6.54 Å². The third kappa shape index (κ3) is 3.26. The fraction of sp³-hybridized carbons (Fsp3) is 0.318. The molecule has 0 saturated carbocycles. The summed E-state index contributed by atoms with van der Waals surface area (Å²) < 4.78 is 52.9. The number of furan rings is 1. The second kappa shape index (κ2) is 7.25. The average molecular weight is 444 g/mol. The van der Waals surface area contributed by atoms with E-state index in [1.54, 1.807) is 12.1 Å². The van der Waals surface area contributed by atoms with Gasteiger partial charge in [-0.3, -0.25) is 4.79 Å². The highest BCUT2D eigenvalue weighted by molar-refractivity contribution is 5.93. The van der Waals surface area contributed by atoms with Crippen molar-refractivity contribution >= 4 is 16.9 Å². The highest BCUT2D eigenvalue weighted by atomic mass is 19.3. The number of hydrogen-bond donors (Lipinski definition) is 1. The third-order valence-electron chi connectivity index (χ3n) is 5.46. The Morgan fingerprint density at radius 3 is 2.78 bits per heavy atom. The largest absolute Gasteiger partial charge is 0.458 e. The Morgan fingerprint density at radius 2 is 2.06 bits per heavy atom. The number of nitrogens with one attached hydrogen (secondary N) is 1. The number of imidazole rings is 1. The molecule has 10 heteroatoms. The minimum Gasteiger partial charge on any atom is -0.458 e. The first-order valence-corrected chi connectivity index (χ1v) is 10.0. The molecule has 0 bridgehead atoms. The van der Waals surface area contributed by atoms with Gasteiger partial charge in [0.1, 0.15) is 17.4 Å². The number of alkyl halides is 3. The van der Waals surface area contributed by atoms with Crippen molar-refractivity contribution in [2.45, 2.75) is 38.4 Å². The Labute approximate surface area is 180 Å². The number of oxazole rings is 1. The lowest BCUT2D eigenvalue weighted by Gasteiger charge is -2.33. The van der Waals surface area contributed by atoms with Gasteiger partial charge in [0.05, 0.1) is 12.0 Å². The van der Waals surface area contributed by atoms with E-state index in [4.69, 9.17) is 8.83 Å². The summed E-state index contributed by atoms with van der Waals surface area (Å²) >= 11 is 0. The molecule has 0 radical (unpaired) electrons. The van der Waals surface area contributed by atoms with Gasteiger partial charge in [-0.1, -0.05) is 18.2 Å². The summed E-state index contributed by atoms with van der Waals surface area (Å²) in [4.78, 5) is 25.8. The Hall–Kier alpha value is -3.56. The number of halogens is 3. The first kappa shape index (κ1) is 20.3. The van der Waals surface area contributed by atoms with Gasteiger partial charge in [-0.05, 0) is 26.0 Å². The molecule has 0 spiro atoms. The van der Waals surface area contributed by atoms with Crippen LogP contribution in [0.5, 0.6) is 0 Å². The molecule has 4 heterocycles. The summed E-state index contributed by atoms with van der Waals surface area (Å²) in [5, 5.41) is 0.826. The first-order valence-electron chi connectivity index (χ1n) is 10.0. The van der Waals surface area contributed by atoms with Crippen LogP contribution in [0.15, 0.2) is 45.5 Å². The molecule has 0 unspecified atom stereocenters. The molecule has 0 fully saturated rings. The van der Waals surface area contributed by atoms with Crippen LogP contribution in [0.25, 0.3) is 11.0 Å². The van der Waals surface area contributed by atoms with Crippen LogP contribution >= 0.6 is 0 Å². The zero-order chi connectivity index (χ0) is 22.6. The molecule has 7 nitrogen and oxygen atoms in total. The highest BCUT2D eigenvalue weighted by Crippen LogP contribution is 2.39. The fourth-order valence-electron chi connectivity index (χ4n) is 3.94. The maximum absolute atomic E-state index is 14.3. The zero-order valence-electron chi connectivity index (χ0n) is 17.2. The third-order valence-corrected chi connectivity index (χ3v) is 5.46. The monoisotopic (exact) mass is 444 g/mol. The molecule has 1 aliphatic heterocycles. The highest BCUT2D eigenvalue weighted by Gasteiger charge is 2.41. The number of fused-ring (bicyclic) bond motifs is 2. The van der Waals surface area contributed by atoms with Gasteiger partial charge < -0.3 is 18.7 Å². The minimum absolute atomic E-state index is 0.188. The van der Waals surface area contributed by atoms with Crippen LogP contribution in [0.3, 0.4) is 0 Å². The molecule has 0 saturated heterocycles. The number of aromatic amines is 1. The smallest absolute Gasteiger partial charge is 0.292 e. The standard InChI is InChI=1S/C22H19F3N4O3/c1-22(2,25)21-28-16(19(23)24)18(32-21)20(30)29-8-7-12-15(27-10-26-12)17(29)14-9-11-5-3-4-6-13(11)31-14/h3-6,9-10,17,19H,7-8H2,1-2H3,(H,26,27)/t17-/m1/s1. The van der Waals surface area contributed by atoms with Gasteiger partial charge in [-0.15, -0.1) is 0 Å². The minimum atomic E-state index is -3.11. The SMILES string of the molecule is CC(C)(F)c1nc(C(F)F)c(C(=O)N2CCc3[nH]cnc3[C@H]2c2cc3ccccc3o2)o1. The number of amides is 1. The first-order chi connectivity index (χ1) is 15.2. The number of aromatic nitrogens is 3. The maximum Gasteiger partial charge on any atom is 0.292 e. The van der Waals surface area contributed by atoms with Gasteiger partial charge in [-0.2, -0.15) is 0 Å². The van der Waals surface area contributed by atoms with Crippen LogP contribution < -0.4 is 0 Å². The number of H-pyrrole nitrogens is 1. The summed E-state index contributed by atoms with van der Waals surface area (Å²) in [6.07, 6.45) is -1.17. The van der Waals surface area contributed by atoms with Gasteiger partial charge in [0.25, 0.3) is 12.3 Å². The van der Waals surface area contributed by atoms with Crippen molar-refractivity contribution in [2.24, 2.45) is 0 Å². The molecule has 166 valence electrons. The molecule has 1 aliphatic rings. The van der Waals surface area contributed by atoms with Crippen molar-refractivity contribution < 1.29 is 26.8 Å². The summed E-state index contributed by atoms with van der Waals surface area (Å²) in [6, 6.07) is 8.35. The number of hydrogen-bond acceptors (Lipinski definition) is 5. The lowest BCUT2D eigenvalue weighted by atomic mass is 9.99. The molecule has 1 N–H and O–H groups in total. The molecule has 3 aromatic heterocycles. The van der Waals surface area contributed by atoms with Gasteiger partial charge in [0.2, 0.25) is 11.7 Å². The Morgan fingerprint density at radius 1 is 1.28 bits per heavy atom. The molecule has 0 aliphatic carbocycles. The van der Waals surface area contributed by atoms with Crippen molar-refractivity contribution in [1.29, 1.82) is 0 Å². The molecule has 5 rings (SSSR count). The quantitative estimate of drug-likeness (QED) is 0.475. The van der Waals surface area contributed by atoms with E-state index >= 15 is 0 Å². The predicted molar refractivity (Wildman–Crippen MR) is 107 cm³/mol. The second-order valence-corrected chi connectivity index (χ2v) is 8.11. The average Bonchev–Trinajstić information content (AvgIpc) is 3.49. The lowest BCUT2D eigenvalue weighted by molar-refractivity contribution is 0.0616. The molecular weight excluding hydrogens is 425 g/mol. The molecule has 1 atom stereocenters. The number of nitrogens with zero attached hydrogens (tertiary/aromatic N) is 3. The molecule has 4 aromatic rings. The molecule has 1 amide bonds. The number of benzene rings is 1. The summed E-state index contributed by atoms with van der Waals surface area (Å²) in [5.41, 5.74) is -1.03. The Balaban J connectivity index is 1.62. The summed E-state index contributed by atoms with van der Waals surface area (Å²) in [6.45, 7) is 2.43. The van der Waals surface area contributed by atoms with E-state index in [9.17, 15) is 18.0 Å². The molecular formula is C22H19F3N4O3. The number of carbonyl (C=O) groups excluding carboxylic acids is 1. The Kier molecular flexibility index (Phi) is 4.61. The van der Waals surface area contributed by atoms with Gasteiger partial charge in [0.15, 0.2) is 11.4 Å². The molecule has 32 heavy (non-hydrogen) atoms. The van der Waals surface area contributed by atoms with Crippen LogP contribution in [0.1, 0.15) is 65.6 Å². The van der Waals surface area contributed by atoms with E-state index in [1.165, 1.54) is 11.2 Å². The van der Waals surface area contributed by atoms with E-state index in [0.29, 0.717) is 23.5 Å². The lowest BCUT2D eigenvalue weighted by Crippen LogP contribution is -2.40. The van der Waals surface area contributed by atoms with Crippen LogP contribution in [0, 0.1) is 0 Å². The van der Waals surface area contributed by atoms with E-state index in [1.807, 2.05) is 18.2 Å². The second-order valence-electron chi connectivity index (χ2n) is 8.11. The van der Waals surface area contributed by atoms with Crippen LogP contribution in [-0.4, -0.2) is 32.3 Å². The normalized spacial score (nSPS) is 16.7. The van der Waals surface area contributed by atoms with Crippen molar-refractivity contribution in [3.63, 3.8) is 0 Å². The number of para-hydroxylation sites is 1. The van der Waals surface area contributed by atoms with Gasteiger partial charge in [0, 0.05) is 24.0 Å². The zero-order valence-corrected chi connectivity index (χ0v) is 17.2. The van der Waals surface area contributed by atoms with Crippen LogP contribution in [0.4, 0.5) is 13.2 Å². The van der Waals surface area contributed by atoms with Gasteiger partial charge >= 0.3 is 0 Å². The van der Waals surface area contributed by atoms with Crippen molar-refractivity contribution in [1.82, 2.24) is 19.9 Å². The maximum atomic E-state index is 14.3. The van der Waals surface area contributed by atoms with Crippen LogP contribution in [0.2, 0.25) is 0 Å². The Bertz CT molecular complexity index is 1270. The predicted octanol–water partition coefficient (Wildman–Crippen LogP) is 5.07. The summed E-state index contributed by atoms with van der Waals surface area (Å²) in [7, 11) is 0. The van der Waals surface area contributed by atoms with Gasteiger partial charge in [-0.25, -0.2) is 23.1 Å². The summed E-state index contributed by atoms with van der Waals surface area (Å²) in [5.74, 6) is -1.66. The fourth-order valence-corrected chi connectivity index (χ4v) is 3.94. The molecule has 1 aromatic carbocycles. The van der Waals surface area contributed by atoms with Crippen molar-refractivity contribution in [2.75, 3.05) is 6.54 Å². The number of rotatable bonds is 4. The van der Waals surface area contributed by atoms with Crippen molar-refractivity contribution in [3.05, 3.63) is 71.2 Å². The van der Waals surface area contributed by atoms with Crippen molar-refractivity contribution in [3.8, 4) is 0 Å². The van der Waals surface area contributed by atoms with E-state index in [0.717, 1.165) is 24.9 Å². The van der Waals surface area contributed by atoms with E-state index < -0.39 is 41.4 Å². The topological polar surface area (TPSA) is 88.2 Å². The van der Waals surface area contributed by atoms with E-state index in [2.05, 4.69) is 15.0 Å².